The number of para-hydroxylation sites is 2. The van der Waals surface area contributed by atoms with Gasteiger partial charge in [-0.25, -0.2) is 8.95 Å². The zero-order valence-corrected chi connectivity index (χ0v) is 15.6. The van der Waals surface area contributed by atoms with Crippen LogP contribution < -0.4 is 20.3 Å². The second-order valence-electron chi connectivity index (χ2n) is 5.49. The molecule has 1 aromatic heterocycles. The summed E-state index contributed by atoms with van der Waals surface area (Å²) in [5.41, 5.74) is 1.89. The number of aryl methyl sites for hydroxylation is 1. The molecule has 6 nitrogen and oxygen atoms in total. The summed E-state index contributed by atoms with van der Waals surface area (Å²) in [6.07, 6.45) is 0. The molecule has 0 atom stereocenters. The highest BCUT2D eigenvalue weighted by atomic mass is 32.1. The monoisotopic (exact) mass is 368 g/mol. The number of hydrogen-bond acceptors (Lipinski definition) is 5. The van der Waals surface area contributed by atoms with Crippen LogP contribution in [0.15, 0.2) is 59.6 Å². The molecule has 0 fully saturated rings. The zero-order valence-electron chi connectivity index (χ0n) is 14.8. The molecular weight excluding hydrogens is 348 g/mol. The van der Waals surface area contributed by atoms with Gasteiger partial charge < -0.3 is 14.8 Å². The minimum Gasteiger partial charge on any atom is -0.497 e. The first kappa shape index (κ1) is 17.8. The third-order valence-electron chi connectivity index (χ3n) is 3.64. The number of anilines is 1. The predicted molar refractivity (Wildman–Crippen MR) is 105 cm³/mol. The first-order valence-electron chi connectivity index (χ1n) is 7.98. The van der Waals surface area contributed by atoms with Crippen molar-refractivity contribution >= 4 is 28.9 Å². The van der Waals surface area contributed by atoms with E-state index in [1.54, 1.807) is 24.2 Å². The van der Waals surface area contributed by atoms with Gasteiger partial charge >= 0.3 is 0 Å². The number of rotatable bonds is 4. The van der Waals surface area contributed by atoms with Crippen LogP contribution in [0.25, 0.3) is 0 Å². The molecule has 0 unspecified atom stereocenters. The molecule has 2 aromatic carbocycles. The Balaban J connectivity index is 2.05. The van der Waals surface area contributed by atoms with Crippen molar-refractivity contribution < 1.29 is 9.47 Å². The maximum Gasteiger partial charge on any atom is 0.223 e. The third kappa shape index (κ3) is 3.94. The Morgan fingerprint density at radius 3 is 2.42 bits per heavy atom. The summed E-state index contributed by atoms with van der Waals surface area (Å²) in [4.78, 5) is 5.74. The van der Waals surface area contributed by atoms with E-state index in [4.69, 9.17) is 19.9 Å². The molecule has 0 aliphatic heterocycles. The van der Waals surface area contributed by atoms with Crippen LogP contribution in [-0.4, -0.2) is 24.1 Å². The second kappa shape index (κ2) is 7.88. The van der Waals surface area contributed by atoms with Gasteiger partial charge in [-0.05, 0) is 49.4 Å². The third-order valence-corrected chi connectivity index (χ3v) is 4.60. The Bertz CT molecular complexity index is 974. The second-order valence-corrected chi connectivity index (χ2v) is 6.68. The first-order valence-corrected chi connectivity index (χ1v) is 8.76. The topological polar surface area (TPSA) is 71.6 Å². The lowest BCUT2D eigenvalue weighted by atomic mass is 10.3. The van der Waals surface area contributed by atoms with Crippen LogP contribution in [0.1, 0.15) is 4.88 Å². The van der Waals surface area contributed by atoms with Crippen LogP contribution in [0.4, 0.5) is 11.4 Å². The van der Waals surface area contributed by atoms with E-state index in [2.05, 4.69) is 5.32 Å². The van der Waals surface area contributed by atoms with Crippen molar-refractivity contribution in [3.8, 4) is 11.5 Å². The number of benzene rings is 2. The molecule has 0 saturated heterocycles. The van der Waals surface area contributed by atoms with Crippen LogP contribution in [0.3, 0.4) is 0 Å². The minimum absolute atomic E-state index is 0.363. The number of aromatic nitrogens is 1. The van der Waals surface area contributed by atoms with Crippen molar-refractivity contribution in [3.63, 3.8) is 0 Å². The maximum atomic E-state index is 8.22. The molecule has 0 spiro atoms. The molecule has 2 N–H and O–H groups in total. The van der Waals surface area contributed by atoms with Crippen LogP contribution >= 0.6 is 11.5 Å². The van der Waals surface area contributed by atoms with Gasteiger partial charge in [0.05, 0.1) is 14.2 Å². The van der Waals surface area contributed by atoms with E-state index >= 15 is 0 Å². The molecule has 1 heterocycles. The van der Waals surface area contributed by atoms with Crippen molar-refractivity contribution in [3.05, 3.63) is 65.0 Å². The molecule has 0 aliphatic carbocycles. The van der Waals surface area contributed by atoms with Gasteiger partial charge in [0.2, 0.25) is 5.96 Å². The molecule has 3 aromatic rings. The molecule has 0 bridgehead atoms. The maximum absolute atomic E-state index is 8.22. The molecule has 0 radical (unpaired) electrons. The number of methoxy groups -OCH3 is 2. The highest BCUT2D eigenvalue weighted by Gasteiger charge is 2.10. The molecule has 26 heavy (non-hydrogen) atoms. The van der Waals surface area contributed by atoms with Gasteiger partial charge in [0.1, 0.15) is 22.7 Å². The van der Waals surface area contributed by atoms with E-state index in [-0.39, 0.29) is 0 Å². The Labute approximate surface area is 156 Å². The lowest BCUT2D eigenvalue weighted by Crippen LogP contribution is -2.28. The fraction of sp³-hybridized carbons (Fsp3) is 0.158. The Hall–Kier alpha value is -3.06. The average molecular weight is 368 g/mol. The Morgan fingerprint density at radius 1 is 1.08 bits per heavy atom. The van der Waals surface area contributed by atoms with Gasteiger partial charge in [-0.15, -0.1) is 0 Å². The molecular formula is C19H20N4O2S. The smallest absolute Gasteiger partial charge is 0.223 e. The van der Waals surface area contributed by atoms with Gasteiger partial charge in [0.15, 0.2) is 0 Å². The fourth-order valence-electron chi connectivity index (χ4n) is 2.39. The van der Waals surface area contributed by atoms with Crippen LogP contribution in [0.5, 0.6) is 11.5 Å². The molecule has 0 aliphatic rings. The van der Waals surface area contributed by atoms with Gasteiger partial charge in [0, 0.05) is 10.6 Å². The molecule has 3 rings (SSSR count). The number of aliphatic imine (C=N–C) groups is 1. The SMILES string of the molecule is COc1ccc(NC(=Nc2ccccc2OC)n2sc(C)cc2=N)cc1. The van der Waals surface area contributed by atoms with E-state index < -0.39 is 0 Å². The Morgan fingerprint density at radius 2 is 1.81 bits per heavy atom. The summed E-state index contributed by atoms with van der Waals surface area (Å²) < 4.78 is 12.3. The average Bonchev–Trinajstić information content (AvgIpc) is 3.00. The summed E-state index contributed by atoms with van der Waals surface area (Å²) >= 11 is 1.45. The quantitative estimate of drug-likeness (QED) is 0.540. The summed E-state index contributed by atoms with van der Waals surface area (Å²) in [5, 5.41) is 11.5. The highest BCUT2D eigenvalue weighted by Crippen LogP contribution is 2.27. The van der Waals surface area contributed by atoms with Gasteiger partial charge in [-0.1, -0.05) is 23.7 Å². The summed E-state index contributed by atoms with van der Waals surface area (Å²) in [5.74, 6) is 1.98. The van der Waals surface area contributed by atoms with Gasteiger partial charge in [-0.2, -0.15) is 0 Å². The van der Waals surface area contributed by atoms with E-state index in [0.29, 0.717) is 22.9 Å². The number of nitrogens with one attached hydrogen (secondary N) is 2. The van der Waals surface area contributed by atoms with E-state index in [1.165, 1.54) is 11.5 Å². The summed E-state index contributed by atoms with van der Waals surface area (Å²) in [6, 6.07) is 16.9. The highest BCUT2D eigenvalue weighted by molar-refractivity contribution is 7.07. The molecule has 0 saturated carbocycles. The number of ether oxygens (including phenoxy) is 2. The number of hydrogen-bond donors (Lipinski definition) is 2. The van der Waals surface area contributed by atoms with Crippen molar-refractivity contribution in [1.29, 1.82) is 5.41 Å². The zero-order chi connectivity index (χ0) is 18.5. The normalized spacial score (nSPS) is 11.3. The minimum atomic E-state index is 0.363. The van der Waals surface area contributed by atoms with E-state index in [1.807, 2.05) is 55.5 Å². The van der Waals surface area contributed by atoms with Gasteiger partial charge in [0.25, 0.3) is 0 Å². The largest absolute Gasteiger partial charge is 0.497 e. The van der Waals surface area contributed by atoms with E-state index in [0.717, 1.165) is 16.3 Å². The van der Waals surface area contributed by atoms with Crippen molar-refractivity contribution in [2.75, 3.05) is 19.5 Å². The van der Waals surface area contributed by atoms with Crippen LogP contribution in [0.2, 0.25) is 0 Å². The fourth-order valence-corrected chi connectivity index (χ4v) is 3.17. The lowest BCUT2D eigenvalue weighted by molar-refractivity contribution is 0.415. The van der Waals surface area contributed by atoms with Crippen molar-refractivity contribution in [2.24, 2.45) is 4.99 Å². The van der Waals surface area contributed by atoms with Crippen molar-refractivity contribution in [1.82, 2.24) is 3.96 Å². The molecule has 7 heteroatoms. The van der Waals surface area contributed by atoms with Gasteiger partial charge in [-0.3, -0.25) is 5.41 Å². The Kier molecular flexibility index (Phi) is 5.38. The van der Waals surface area contributed by atoms with Crippen LogP contribution in [0, 0.1) is 12.3 Å². The molecule has 134 valence electrons. The summed E-state index contributed by atoms with van der Waals surface area (Å²) in [6.45, 7) is 1.97. The lowest BCUT2D eigenvalue weighted by Gasteiger charge is -2.12. The van der Waals surface area contributed by atoms with Crippen molar-refractivity contribution in [2.45, 2.75) is 6.92 Å². The number of nitrogens with zero attached hydrogens (tertiary/aromatic N) is 2. The standard InChI is InChI=1S/C19H20N4O2S/c1-13-12-18(20)23(26-13)19(21-14-8-10-15(24-2)11-9-14)22-16-6-4-5-7-17(16)25-3/h4-12,20H,1-3H3,(H,21,22). The predicted octanol–water partition coefficient (Wildman–Crippen LogP) is 4.00. The summed E-state index contributed by atoms with van der Waals surface area (Å²) in [7, 11) is 3.25. The van der Waals surface area contributed by atoms with E-state index in [9.17, 15) is 0 Å². The van der Waals surface area contributed by atoms with Crippen LogP contribution in [-0.2, 0) is 0 Å². The first-order chi connectivity index (χ1) is 12.6. The molecule has 0 amide bonds.